The SMILES string of the molecule is CCC(=O)c1c(O)cc(C(C)CCCC[N-]OC)oc1=O.CCCCc1ccc(CC)s1.[Y]. The number of nitrogens with zero attached hydrogens (tertiary/aromatic N) is 1. The number of unbranched alkanes of at least 4 members (excludes halogenated alkanes) is 2. The molecule has 1 atom stereocenters. The zero-order valence-electron chi connectivity index (χ0n) is 20.7. The van der Waals surface area contributed by atoms with Crippen LogP contribution in [0.25, 0.3) is 5.48 Å². The molecule has 0 bridgehead atoms. The summed E-state index contributed by atoms with van der Waals surface area (Å²) >= 11 is 1.97. The first-order valence-corrected chi connectivity index (χ1v) is 12.4. The predicted octanol–water partition coefficient (Wildman–Crippen LogP) is 6.80. The third-order valence-electron chi connectivity index (χ3n) is 5.14. The second-order valence-corrected chi connectivity index (χ2v) is 8.98. The minimum atomic E-state index is -0.766. The molecule has 0 saturated heterocycles. The predicted molar refractivity (Wildman–Crippen MR) is 131 cm³/mol. The van der Waals surface area contributed by atoms with Crippen LogP contribution in [-0.2, 0) is 50.4 Å². The van der Waals surface area contributed by atoms with E-state index in [1.807, 2.05) is 18.3 Å². The van der Waals surface area contributed by atoms with Gasteiger partial charge in [0.25, 0.3) is 0 Å². The molecule has 0 aliphatic heterocycles. The molecule has 2 aromatic heterocycles. The van der Waals surface area contributed by atoms with Crippen molar-refractivity contribution in [2.75, 3.05) is 13.7 Å². The molecule has 0 aromatic carbocycles. The molecule has 8 heteroatoms. The van der Waals surface area contributed by atoms with Crippen molar-refractivity contribution in [1.82, 2.24) is 0 Å². The zero-order chi connectivity index (χ0) is 23.9. The zero-order valence-corrected chi connectivity index (χ0v) is 24.3. The van der Waals surface area contributed by atoms with Crippen molar-refractivity contribution in [1.29, 1.82) is 0 Å². The average Bonchev–Trinajstić information content (AvgIpc) is 3.25. The Morgan fingerprint density at radius 2 is 1.88 bits per heavy atom. The van der Waals surface area contributed by atoms with E-state index in [0.717, 1.165) is 19.3 Å². The maximum Gasteiger partial charge on any atom is 0.350 e. The van der Waals surface area contributed by atoms with Crippen molar-refractivity contribution in [2.45, 2.75) is 85.0 Å². The molecule has 0 saturated carbocycles. The summed E-state index contributed by atoms with van der Waals surface area (Å²) in [4.78, 5) is 31.1. The Labute approximate surface area is 227 Å². The standard InChI is InChI=1S/C15H22NO5.C10H16S.Y/c1-4-11(17)14-12(18)9-13(21-15(14)19)10(2)7-5-6-8-16-20-3;1-3-5-6-10-8-7-9(4-2)11-10;/h9-10,18H,4-8H2,1-3H3;7-8H,3-6H2,1-2H3;/q-1;;. The summed E-state index contributed by atoms with van der Waals surface area (Å²) in [6.07, 6.45) is 7.83. The Morgan fingerprint density at radius 1 is 1.18 bits per heavy atom. The molecule has 0 fully saturated rings. The maximum absolute atomic E-state index is 11.8. The first kappa shape index (κ1) is 32.1. The summed E-state index contributed by atoms with van der Waals surface area (Å²) < 4.78 is 5.17. The van der Waals surface area contributed by atoms with Crippen LogP contribution < -0.4 is 5.63 Å². The minimum Gasteiger partial charge on any atom is -0.535 e. The van der Waals surface area contributed by atoms with Crippen LogP contribution in [0.2, 0.25) is 0 Å². The summed E-state index contributed by atoms with van der Waals surface area (Å²) in [7, 11) is 1.51. The van der Waals surface area contributed by atoms with E-state index in [0.29, 0.717) is 12.3 Å². The molecule has 6 nitrogen and oxygen atoms in total. The molecule has 1 N–H and O–H groups in total. The van der Waals surface area contributed by atoms with Gasteiger partial charge in [-0.2, -0.15) is 0 Å². The van der Waals surface area contributed by atoms with Crippen molar-refractivity contribution in [3.05, 3.63) is 55.2 Å². The van der Waals surface area contributed by atoms with E-state index in [4.69, 9.17) is 4.42 Å². The van der Waals surface area contributed by atoms with Gasteiger partial charge in [-0.1, -0.05) is 47.0 Å². The molecule has 2 rings (SSSR count). The molecule has 0 spiro atoms. The number of hydrogen-bond acceptors (Lipinski definition) is 6. The van der Waals surface area contributed by atoms with Crippen LogP contribution in [-0.4, -0.2) is 24.5 Å². The van der Waals surface area contributed by atoms with Crippen molar-refractivity contribution in [3.8, 4) is 5.75 Å². The smallest absolute Gasteiger partial charge is 0.350 e. The van der Waals surface area contributed by atoms with E-state index >= 15 is 0 Å². The van der Waals surface area contributed by atoms with Gasteiger partial charge in [0, 0.05) is 68.0 Å². The fourth-order valence-electron chi connectivity index (χ4n) is 3.13. The van der Waals surface area contributed by atoms with Crippen molar-refractivity contribution < 1.29 is 51.9 Å². The summed E-state index contributed by atoms with van der Waals surface area (Å²) in [5, 5.41) is 9.85. The molecular formula is C25H38NO5SY-. The third-order valence-corrected chi connectivity index (χ3v) is 6.43. The number of aromatic hydroxyl groups is 1. The first-order valence-electron chi connectivity index (χ1n) is 11.5. The van der Waals surface area contributed by atoms with E-state index in [-0.39, 0.29) is 56.4 Å². The molecule has 2 aromatic rings. The molecule has 0 aliphatic carbocycles. The van der Waals surface area contributed by atoms with Gasteiger partial charge in [-0.05, 0) is 37.8 Å². The van der Waals surface area contributed by atoms with E-state index in [9.17, 15) is 14.7 Å². The molecule has 0 aliphatic rings. The van der Waals surface area contributed by atoms with Crippen LogP contribution in [0, 0.1) is 0 Å². The van der Waals surface area contributed by atoms with Gasteiger partial charge < -0.3 is 19.8 Å². The Bertz CT molecular complexity index is 865. The fourth-order valence-corrected chi connectivity index (χ4v) is 4.13. The summed E-state index contributed by atoms with van der Waals surface area (Å²) in [6.45, 7) is 8.63. The van der Waals surface area contributed by atoms with Gasteiger partial charge in [-0.3, -0.25) is 4.79 Å². The van der Waals surface area contributed by atoms with Crippen LogP contribution in [0.15, 0.2) is 27.4 Å². The molecule has 0 amide bonds. The summed E-state index contributed by atoms with van der Waals surface area (Å²) in [5.74, 6) is -0.332. The number of aryl methyl sites for hydroxylation is 2. The first-order chi connectivity index (χ1) is 15.4. The third kappa shape index (κ3) is 11.9. The Morgan fingerprint density at radius 3 is 2.42 bits per heavy atom. The number of hydrogen-bond donors (Lipinski definition) is 1. The quantitative estimate of drug-likeness (QED) is 0.167. The van der Waals surface area contributed by atoms with E-state index < -0.39 is 11.4 Å². The molecule has 1 unspecified atom stereocenters. The van der Waals surface area contributed by atoms with Gasteiger partial charge in [-0.15, -0.1) is 17.9 Å². The number of hydroxylamine groups is 1. The van der Waals surface area contributed by atoms with Crippen LogP contribution in [0.3, 0.4) is 0 Å². The topological polar surface area (TPSA) is 90.8 Å². The summed E-state index contributed by atoms with van der Waals surface area (Å²) in [5.41, 5.74) is 2.74. The van der Waals surface area contributed by atoms with E-state index in [1.165, 1.54) is 43.7 Å². The maximum atomic E-state index is 11.8. The minimum absolute atomic E-state index is 0. The Balaban J connectivity index is 0.000000720. The number of thiophene rings is 1. The Hall–Kier alpha value is -0.856. The van der Waals surface area contributed by atoms with Crippen LogP contribution >= 0.6 is 11.3 Å². The second kappa shape index (κ2) is 18.5. The van der Waals surface area contributed by atoms with Gasteiger partial charge in [0.1, 0.15) is 17.1 Å². The Kier molecular flexibility index (Phi) is 18.0. The van der Waals surface area contributed by atoms with Crippen molar-refractivity contribution in [3.63, 3.8) is 0 Å². The number of ketones is 1. The van der Waals surface area contributed by atoms with Gasteiger partial charge >= 0.3 is 5.63 Å². The summed E-state index contributed by atoms with van der Waals surface area (Å²) in [6, 6.07) is 5.91. The van der Waals surface area contributed by atoms with E-state index in [2.05, 4.69) is 36.3 Å². The number of Topliss-reactive ketones (excluding diaryl/α,β-unsaturated/α-hetero) is 1. The van der Waals surface area contributed by atoms with Crippen LogP contribution in [0.4, 0.5) is 0 Å². The monoisotopic (exact) mass is 553 g/mol. The number of carbonyl (C=O) groups is 1. The van der Waals surface area contributed by atoms with Crippen molar-refractivity contribution in [2.24, 2.45) is 0 Å². The number of carbonyl (C=O) groups excluding carboxylic acids is 1. The van der Waals surface area contributed by atoms with Crippen LogP contribution in [0.5, 0.6) is 5.75 Å². The van der Waals surface area contributed by atoms with Gasteiger partial charge in [0.05, 0.1) is 0 Å². The molecule has 183 valence electrons. The molecule has 33 heavy (non-hydrogen) atoms. The largest absolute Gasteiger partial charge is 0.535 e. The van der Waals surface area contributed by atoms with Gasteiger partial charge in [0.15, 0.2) is 5.78 Å². The molecule has 1 radical (unpaired) electrons. The second-order valence-electron chi connectivity index (χ2n) is 7.73. The van der Waals surface area contributed by atoms with Gasteiger partial charge in [0.2, 0.25) is 0 Å². The van der Waals surface area contributed by atoms with Crippen LogP contribution in [0.1, 0.15) is 98.0 Å². The molecule has 2 heterocycles. The average molecular weight is 554 g/mol. The fraction of sp³-hybridized carbons (Fsp3) is 0.600. The van der Waals surface area contributed by atoms with Gasteiger partial charge in [-0.25, -0.2) is 4.79 Å². The normalized spacial score (nSPS) is 11.3. The van der Waals surface area contributed by atoms with Crippen molar-refractivity contribution >= 4 is 17.1 Å². The number of rotatable bonds is 13. The van der Waals surface area contributed by atoms with E-state index in [1.54, 1.807) is 11.8 Å². The molecular weight excluding hydrogens is 515 g/mol.